The van der Waals surface area contributed by atoms with E-state index < -0.39 is 0 Å². The number of aliphatic hydroxyl groups excluding tert-OH is 1. The van der Waals surface area contributed by atoms with Crippen molar-refractivity contribution in [2.45, 2.75) is 43.6 Å². The van der Waals surface area contributed by atoms with Gasteiger partial charge in [0.15, 0.2) is 0 Å². The third kappa shape index (κ3) is 2.46. The molecule has 2 saturated carbocycles. The highest BCUT2D eigenvalue weighted by Crippen LogP contribution is 2.62. The Labute approximate surface area is 120 Å². The summed E-state index contributed by atoms with van der Waals surface area (Å²) in [4.78, 5) is 0. The third-order valence-corrected chi connectivity index (χ3v) is 5.07. The molecule has 0 bridgehead atoms. The van der Waals surface area contributed by atoms with Crippen molar-refractivity contribution in [1.82, 2.24) is 5.32 Å². The van der Waals surface area contributed by atoms with E-state index in [9.17, 15) is 0 Å². The smallest absolute Gasteiger partial charge is 0.0991 e. The summed E-state index contributed by atoms with van der Waals surface area (Å²) in [5.41, 5.74) is 2.52. The van der Waals surface area contributed by atoms with Crippen molar-refractivity contribution in [2.75, 3.05) is 13.2 Å². The van der Waals surface area contributed by atoms with Crippen molar-refractivity contribution in [3.63, 3.8) is 0 Å². The van der Waals surface area contributed by atoms with Gasteiger partial charge in [-0.3, -0.25) is 0 Å². The Morgan fingerprint density at radius 1 is 1.45 bits per heavy atom. The first-order valence-electron chi connectivity index (χ1n) is 7.63. The second-order valence-corrected chi connectivity index (χ2v) is 6.25. The van der Waals surface area contributed by atoms with Gasteiger partial charge in [-0.2, -0.15) is 5.26 Å². The fourth-order valence-electron chi connectivity index (χ4n) is 3.86. The molecule has 106 valence electrons. The number of rotatable bonds is 5. The van der Waals surface area contributed by atoms with Crippen molar-refractivity contribution in [2.24, 2.45) is 5.92 Å². The molecule has 0 aromatic heterocycles. The molecule has 0 radical (unpaired) electrons. The van der Waals surface area contributed by atoms with Gasteiger partial charge in [0.1, 0.15) is 0 Å². The lowest BCUT2D eigenvalue weighted by atomic mass is 9.80. The predicted molar refractivity (Wildman–Crippen MR) is 78.3 cm³/mol. The molecule has 20 heavy (non-hydrogen) atoms. The first-order valence-corrected chi connectivity index (χ1v) is 7.63. The van der Waals surface area contributed by atoms with Gasteiger partial charge < -0.3 is 10.4 Å². The number of hydrogen-bond acceptors (Lipinski definition) is 3. The summed E-state index contributed by atoms with van der Waals surface area (Å²) in [5.74, 6) is 0.775. The molecule has 0 aliphatic heterocycles. The van der Waals surface area contributed by atoms with Crippen LogP contribution in [0.15, 0.2) is 24.3 Å². The molecular formula is C17H22N2O. The predicted octanol–water partition coefficient (Wildman–Crippen LogP) is 2.34. The highest BCUT2D eigenvalue weighted by Gasteiger charge is 2.57. The van der Waals surface area contributed by atoms with E-state index in [0.29, 0.717) is 11.5 Å². The molecule has 2 aliphatic rings. The summed E-state index contributed by atoms with van der Waals surface area (Å²) in [6.07, 6.45) is 5.79. The van der Waals surface area contributed by atoms with E-state index in [2.05, 4.69) is 23.5 Å². The lowest BCUT2D eigenvalue weighted by molar-refractivity contribution is 0.273. The fraction of sp³-hybridized carbons (Fsp3) is 0.588. The van der Waals surface area contributed by atoms with Crippen LogP contribution in [0, 0.1) is 17.2 Å². The lowest BCUT2D eigenvalue weighted by Gasteiger charge is -2.29. The van der Waals surface area contributed by atoms with Gasteiger partial charge in [0, 0.05) is 12.6 Å². The maximum atomic E-state index is 9.04. The molecule has 0 spiro atoms. The third-order valence-electron chi connectivity index (χ3n) is 5.07. The van der Waals surface area contributed by atoms with Crippen LogP contribution < -0.4 is 5.32 Å². The van der Waals surface area contributed by atoms with Crippen LogP contribution in [0.2, 0.25) is 0 Å². The molecule has 1 aromatic carbocycles. The summed E-state index contributed by atoms with van der Waals surface area (Å²) in [6.45, 7) is 1.19. The van der Waals surface area contributed by atoms with Gasteiger partial charge in [-0.1, -0.05) is 12.1 Å². The largest absolute Gasteiger partial charge is 0.396 e. The molecule has 3 nitrogen and oxygen atoms in total. The number of fused-ring (bicyclic) bond motifs is 1. The molecule has 2 N–H and O–H groups in total. The van der Waals surface area contributed by atoms with E-state index in [0.717, 1.165) is 24.4 Å². The van der Waals surface area contributed by atoms with Crippen LogP contribution in [0.4, 0.5) is 0 Å². The van der Waals surface area contributed by atoms with Crippen LogP contribution >= 0.6 is 0 Å². The number of nitrogens with one attached hydrogen (secondary N) is 1. The average Bonchev–Trinajstić information content (AvgIpc) is 3.23. The molecule has 0 amide bonds. The molecule has 3 rings (SSSR count). The minimum atomic E-state index is 0.272. The Balaban J connectivity index is 1.63. The Hall–Kier alpha value is -1.37. The number of nitriles is 1. The van der Waals surface area contributed by atoms with E-state index in [4.69, 9.17) is 10.4 Å². The second-order valence-electron chi connectivity index (χ2n) is 6.25. The van der Waals surface area contributed by atoms with Crippen LogP contribution in [0.25, 0.3) is 0 Å². The van der Waals surface area contributed by atoms with Crippen molar-refractivity contribution in [3.8, 4) is 6.07 Å². The standard InChI is InChI=1S/C17H22N2O/c18-12-13-3-1-4-14(9-13)17-6-5-16(10-15(17)11-17)19-7-2-8-20/h1,3-4,9,15-16,19-20H,2,5-8,10-11H2. The highest BCUT2D eigenvalue weighted by atomic mass is 16.3. The van der Waals surface area contributed by atoms with Gasteiger partial charge in [0.2, 0.25) is 0 Å². The number of benzene rings is 1. The zero-order valence-corrected chi connectivity index (χ0v) is 11.8. The molecule has 1 aromatic rings. The maximum Gasteiger partial charge on any atom is 0.0991 e. The first-order chi connectivity index (χ1) is 9.78. The van der Waals surface area contributed by atoms with Crippen molar-refractivity contribution in [1.29, 1.82) is 5.26 Å². The molecule has 0 heterocycles. The minimum absolute atomic E-state index is 0.272. The van der Waals surface area contributed by atoms with Gasteiger partial charge in [-0.05, 0) is 67.7 Å². The van der Waals surface area contributed by atoms with Crippen LogP contribution in [0.5, 0.6) is 0 Å². The number of aliphatic hydroxyl groups is 1. The van der Waals surface area contributed by atoms with Crippen LogP contribution in [-0.4, -0.2) is 24.3 Å². The number of hydrogen-bond donors (Lipinski definition) is 2. The zero-order valence-electron chi connectivity index (χ0n) is 11.8. The summed E-state index contributed by atoms with van der Waals surface area (Å²) < 4.78 is 0. The Morgan fingerprint density at radius 3 is 3.10 bits per heavy atom. The van der Waals surface area contributed by atoms with Crippen LogP contribution in [0.3, 0.4) is 0 Å². The monoisotopic (exact) mass is 270 g/mol. The van der Waals surface area contributed by atoms with E-state index in [1.165, 1.54) is 31.2 Å². The fourth-order valence-corrected chi connectivity index (χ4v) is 3.86. The molecular weight excluding hydrogens is 248 g/mol. The minimum Gasteiger partial charge on any atom is -0.396 e. The van der Waals surface area contributed by atoms with Crippen molar-refractivity contribution in [3.05, 3.63) is 35.4 Å². The maximum absolute atomic E-state index is 9.04. The van der Waals surface area contributed by atoms with Gasteiger partial charge in [0.25, 0.3) is 0 Å². The summed E-state index contributed by atoms with van der Waals surface area (Å²) in [6, 6.07) is 11.0. The normalized spacial score (nSPS) is 31.4. The van der Waals surface area contributed by atoms with Gasteiger partial charge in [0.05, 0.1) is 11.6 Å². The first kappa shape index (κ1) is 13.6. The zero-order chi connectivity index (χ0) is 14.0. The van der Waals surface area contributed by atoms with Crippen molar-refractivity contribution < 1.29 is 5.11 Å². The molecule has 2 aliphatic carbocycles. The van der Waals surface area contributed by atoms with Gasteiger partial charge in [-0.15, -0.1) is 0 Å². The van der Waals surface area contributed by atoms with Crippen LogP contribution in [-0.2, 0) is 5.41 Å². The Morgan fingerprint density at radius 2 is 2.35 bits per heavy atom. The van der Waals surface area contributed by atoms with E-state index in [-0.39, 0.29) is 6.61 Å². The van der Waals surface area contributed by atoms with E-state index in [1.807, 2.05) is 12.1 Å². The summed E-state index contributed by atoms with van der Waals surface area (Å²) in [7, 11) is 0. The second kappa shape index (κ2) is 5.55. The SMILES string of the molecule is N#Cc1cccc(C23CCC(NCCCO)CC2C3)c1. The average molecular weight is 270 g/mol. The molecule has 2 fully saturated rings. The molecule has 3 heteroatoms. The van der Waals surface area contributed by atoms with Gasteiger partial charge >= 0.3 is 0 Å². The van der Waals surface area contributed by atoms with Crippen molar-refractivity contribution >= 4 is 0 Å². The Kier molecular flexibility index (Phi) is 3.78. The molecule has 0 saturated heterocycles. The highest BCUT2D eigenvalue weighted by molar-refractivity contribution is 5.41. The van der Waals surface area contributed by atoms with E-state index in [1.54, 1.807) is 0 Å². The lowest BCUT2D eigenvalue weighted by Crippen LogP contribution is -2.35. The van der Waals surface area contributed by atoms with E-state index >= 15 is 0 Å². The summed E-state index contributed by atoms with van der Waals surface area (Å²) in [5, 5.41) is 21.4. The molecule has 3 atom stereocenters. The van der Waals surface area contributed by atoms with Gasteiger partial charge in [-0.25, -0.2) is 0 Å². The van der Waals surface area contributed by atoms with Crippen LogP contribution in [0.1, 0.15) is 43.2 Å². The Bertz CT molecular complexity index is 522. The molecule has 3 unspecified atom stereocenters. The quantitative estimate of drug-likeness (QED) is 0.807. The summed E-state index contributed by atoms with van der Waals surface area (Å²) >= 11 is 0. The number of nitrogens with zero attached hydrogens (tertiary/aromatic N) is 1. The topological polar surface area (TPSA) is 56.0 Å².